The van der Waals surface area contributed by atoms with E-state index in [0.29, 0.717) is 17.1 Å². The number of aliphatic carboxylic acids is 1. The fourth-order valence-electron chi connectivity index (χ4n) is 1.96. The van der Waals surface area contributed by atoms with Crippen LogP contribution in [-0.4, -0.2) is 11.1 Å². The van der Waals surface area contributed by atoms with E-state index < -0.39 is 11.5 Å². The van der Waals surface area contributed by atoms with Gasteiger partial charge in [0.05, 0.1) is 0 Å². The van der Waals surface area contributed by atoms with Crippen molar-refractivity contribution < 1.29 is 9.90 Å². The number of hydrogen-bond acceptors (Lipinski definition) is 2. The summed E-state index contributed by atoms with van der Waals surface area (Å²) in [6.07, 6.45) is 0. The molecule has 2 N–H and O–H groups in total. The number of halogens is 1. The van der Waals surface area contributed by atoms with Gasteiger partial charge in [0.25, 0.3) is 0 Å². The molecule has 0 fully saturated rings. The molecule has 4 heteroatoms. The van der Waals surface area contributed by atoms with Crippen molar-refractivity contribution in [3.63, 3.8) is 0 Å². The zero-order chi connectivity index (χ0) is 14.6. The first-order valence-corrected chi connectivity index (χ1v) is 6.68. The van der Waals surface area contributed by atoms with E-state index in [0.717, 1.165) is 5.56 Å². The first kappa shape index (κ1) is 14.6. The van der Waals surface area contributed by atoms with Crippen LogP contribution in [0.5, 0.6) is 0 Å². The van der Waals surface area contributed by atoms with Gasteiger partial charge in [-0.05, 0) is 30.2 Å². The second-order valence-electron chi connectivity index (χ2n) is 4.78. The number of carboxylic acid groups (broad SMARTS) is 1. The van der Waals surface area contributed by atoms with Crippen molar-refractivity contribution >= 4 is 17.6 Å². The van der Waals surface area contributed by atoms with Crippen LogP contribution in [0.3, 0.4) is 0 Å². The molecule has 0 aliphatic heterocycles. The lowest BCUT2D eigenvalue weighted by atomic mass is 9.92. The molecule has 0 aliphatic rings. The molecule has 1 unspecified atom stereocenters. The zero-order valence-electron chi connectivity index (χ0n) is 11.1. The average molecular weight is 290 g/mol. The smallest absolute Gasteiger partial charge is 0.328 e. The summed E-state index contributed by atoms with van der Waals surface area (Å²) in [5, 5.41) is 13.2. The molecule has 0 heterocycles. The third-order valence-electron chi connectivity index (χ3n) is 3.34. The largest absolute Gasteiger partial charge is 0.480 e. The lowest BCUT2D eigenvalue weighted by Crippen LogP contribution is -2.46. The van der Waals surface area contributed by atoms with Gasteiger partial charge in [0.15, 0.2) is 0 Å². The standard InChI is InChI=1S/C16H16ClNO2/c1-16(15(19)20,13-7-9-14(17)10-8-13)18-11-12-5-3-2-4-6-12/h2-10,18H,11H2,1H3,(H,19,20). The highest BCUT2D eigenvalue weighted by Crippen LogP contribution is 2.23. The fraction of sp³-hybridized carbons (Fsp3) is 0.188. The number of carboxylic acids is 1. The van der Waals surface area contributed by atoms with E-state index in [9.17, 15) is 9.90 Å². The van der Waals surface area contributed by atoms with Crippen LogP contribution in [0.1, 0.15) is 18.1 Å². The Kier molecular flexibility index (Phi) is 4.42. The highest BCUT2D eigenvalue weighted by atomic mass is 35.5. The Morgan fingerprint density at radius 3 is 2.30 bits per heavy atom. The Morgan fingerprint density at radius 1 is 1.15 bits per heavy atom. The minimum atomic E-state index is -1.15. The van der Waals surface area contributed by atoms with Gasteiger partial charge in [-0.2, -0.15) is 0 Å². The van der Waals surface area contributed by atoms with Crippen molar-refractivity contribution in [2.45, 2.75) is 19.0 Å². The molecule has 3 nitrogen and oxygen atoms in total. The molecule has 2 aromatic carbocycles. The van der Waals surface area contributed by atoms with Gasteiger partial charge < -0.3 is 5.11 Å². The van der Waals surface area contributed by atoms with Gasteiger partial charge in [0, 0.05) is 11.6 Å². The van der Waals surface area contributed by atoms with Gasteiger partial charge in [0.1, 0.15) is 5.54 Å². The van der Waals surface area contributed by atoms with Crippen LogP contribution in [0, 0.1) is 0 Å². The molecule has 0 amide bonds. The van der Waals surface area contributed by atoms with Crippen molar-refractivity contribution in [1.29, 1.82) is 0 Å². The van der Waals surface area contributed by atoms with E-state index in [1.54, 1.807) is 31.2 Å². The quantitative estimate of drug-likeness (QED) is 0.886. The first-order valence-electron chi connectivity index (χ1n) is 6.31. The predicted molar refractivity (Wildman–Crippen MR) is 79.7 cm³/mol. The maximum Gasteiger partial charge on any atom is 0.328 e. The van der Waals surface area contributed by atoms with Gasteiger partial charge in [-0.15, -0.1) is 0 Å². The second kappa shape index (κ2) is 6.07. The van der Waals surface area contributed by atoms with E-state index in [1.807, 2.05) is 30.3 Å². The van der Waals surface area contributed by atoms with E-state index >= 15 is 0 Å². The van der Waals surface area contributed by atoms with Crippen LogP contribution in [0.4, 0.5) is 0 Å². The van der Waals surface area contributed by atoms with Crippen LogP contribution in [0.25, 0.3) is 0 Å². The highest BCUT2D eigenvalue weighted by molar-refractivity contribution is 6.30. The van der Waals surface area contributed by atoms with E-state index in [4.69, 9.17) is 11.6 Å². The summed E-state index contributed by atoms with van der Waals surface area (Å²) in [5.74, 6) is -0.921. The molecular formula is C16H16ClNO2. The highest BCUT2D eigenvalue weighted by Gasteiger charge is 2.34. The van der Waals surface area contributed by atoms with Crippen molar-refractivity contribution in [1.82, 2.24) is 5.32 Å². The molecule has 2 rings (SSSR count). The molecule has 20 heavy (non-hydrogen) atoms. The maximum absolute atomic E-state index is 11.6. The maximum atomic E-state index is 11.6. The van der Waals surface area contributed by atoms with Crippen LogP contribution in [-0.2, 0) is 16.9 Å². The Labute approximate surface area is 123 Å². The van der Waals surface area contributed by atoms with Gasteiger partial charge in [-0.25, -0.2) is 4.79 Å². The summed E-state index contributed by atoms with van der Waals surface area (Å²) in [4.78, 5) is 11.6. The Bertz CT molecular complexity index is 583. The van der Waals surface area contributed by atoms with E-state index in [-0.39, 0.29) is 0 Å². The molecule has 2 aromatic rings. The van der Waals surface area contributed by atoms with E-state index in [2.05, 4.69) is 5.32 Å². The summed E-state index contributed by atoms with van der Waals surface area (Å²) >= 11 is 5.85. The van der Waals surface area contributed by atoms with Crippen LogP contribution >= 0.6 is 11.6 Å². The first-order chi connectivity index (χ1) is 9.52. The van der Waals surface area contributed by atoms with E-state index in [1.165, 1.54) is 0 Å². The van der Waals surface area contributed by atoms with Crippen molar-refractivity contribution in [2.75, 3.05) is 0 Å². The molecule has 0 saturated heterocycles. The predicted octanol–water partition coefficient (Wildman–Crippen LogP) is 3.43. The van der Waals surface area contributed by atoms with Gasteiger partial charge in [0.2, 0.25) is 0 Å². The molecule has 0 aromatic heterocycles. The Balaban J connectivity index is 2.21. The summed E-state index contributed by atoms with van der Waals surface area (Å²) in [5.41, 5.74) is 0.555. The van der Waals surface area contributed by atoms with Crippen LogP contribution < -0.4 is 5.32 Å². The SMILES string of the molecule is CC(NCc1ccccc1)(C(=O)O)c1ccc(Cl)cc1. The Morgan fingerprint density at radius 2 is 1.75 bits per heavy atom. The molecule has 0 aliphatic carbocycles. The number of hydrogen-bond donors (Lipinski definition) is 2. The number of nitrogens with one attached hydrogen (secondary N) is 1. The zero-order valence-corrected chi connectivity index (χ0v) is 11.9. The number of rotatable bonds is 5. The fourth-order valence-corrected chi connectivity index (χ4v) is 2.09. The third kappa shape index (κ3) is 3.18. The second-order valence-corrected chi connectivity index (χ2v) is 5.21. The molecule has 0 radical (unpaired) electrons. The molecule has 1 atom stereocenters. The summed E-state index contributed by atoms with van der Waals surface area (Å²) in [6, 6.07) is 16.6. The normalized spacial score (nSPS) is 13.7. The summed E-state index contributed by atoms with van der Waals surface area (Å²) < 4.78 is 0. The molecule has 0 spiro atoms. The van der Waals surface area contributed by atoms with Gasteiger partial charge >= 0.3 is 5.97 Å². The lowest BCUT2D eigenvalue weighted by Gasteiger charge is -2.27. The van der Waals surface area contributed by atoms with Crippen molar-refractivity contribution in [3.05, 3.63) is 70.7 Å². The topological polar surface area (TPSA) is 49.3 Å². The van der Waals surface area contributed by atoms with Crippen molar-refractivity contribution in [2.24, 2.45) is 0 Å². The molecule has 0 bridgehead atoms. The minimum absolute atomic E-state index is 0.478. The summed E-state index contributed by atoms with van der Waals surface area (Å²) in [7, 11) is 0. The lowest BCUT2D eigenvalue weighted by molar-refractivity contribution is -0.144. The molecular weight excluding hydrogens is 274 g/mol. The number of benzene rings is 2. The summed E-state index contributed by atoms with van der Waals surface area (Å²) in [6.45, 7) is 2.13. The molecule has 104 valence electrons. The van der Waals surface area contributed by atoms with Gasteiger partial charge in [-0.1, -0.05) is 54.1 Å². The molecule has 0 saturated carbocycles. The Hall–Kier alpha value is -1.84. The monoisotopic (exact) mass is 289 g/mol. The average Bonchev–Trinajstić information content (AvgIpc) is 2.46. The minimum Gasteiger partial charge on any atom is -0.480 e. The van der Waals surface area contributed by atoms with Crippen LogP contribution in [0.15, 0.2) is 54.6 Å². The number of carbonyl (C=O) groups is 1. The van der Waals surface area contributed by atoms with Crippen LogP contribution in [0.2, 0.25) is 5.02 Å². The van der Waals surface area contributed by atoms with Gasteiger partial charge in [-0.3, -0.25) is 5.32 Å². The van der Waals surface area contributed by atoms with Crippen molar-refractivity contribution in [3.8, 4) is 0 Å². The third-order valence-corrected chi connectivity index (χ3v) is 3.59.